The molecule has 0 N–H and O–H groups in total. The topological polar surface area (TPSA) is 55.8 Å². The van der Waals surface area contributed by atoms with E-state index >= 15 is 0 Å². The first-order chi connectivity index (χ1) is 12.1. The normalized spacial score (nSPS) is 16.8. The summed E-state index contributed by atoms with van der Waals surface area (Å²) in [5.41, 5.74) is 1.20. The number of carbonyl (C=O) groups excluding carboxylic acids is 2. The van der Waals surface area contributed by atoms with Gasteiger partial charge in [0, 0.05) is 18.9 Å². The van der Waals surface area contributed by atoms with Crippen molar-refractivity contribution in [2.24, 2.45) is 5.92 Å². The van der Waals surface area contributed by atoms with Crippen molar-refractivity contribution in [3.05, 3.63) is 59.1 Å². The van der Waals surface area contributed by atoms with Gasteiger partial charge in [0.1, 0.15) is 5.75 Å². The van der Waals surface area contributed by atoms with Crippen LogP contribution in [0.3, 0.4) is 0 Å². The molecule has 1 saturated heterocycles. The Morgan fingerprint density at radius 3 is 2.60 bits per heavy atom. The Kier molecular flexibility index (Phi) is 5.24. The third-order valence-electron chi connectivity index (χ3n) is 4.11. The van der Waals surface area contributed by atoms with Gasteiger partial charge in [-0.25, -0.2) is 4.79 Å². The van der Waals surface area contributed by atoms with Crippen molar-refractivity contribution in [2.45, 2.75) is 6.42 Å². The highest BCUT2D eigenvalue weighted by Crippen LogP contribution is 2.31. The fourth-order valence-corrected chi connectivity index (χ4v) is 3.05. The lowest BCUT2D eigenvalue weighted by Gasteiger charge is -2.18. The molecule has 1 fully saturated rings. The van der Waals surface area contributed by atoms with E-state index in [0.29, 0.717) is 35.9 Å². The number of hydrogen-bond donors (Lipinski definition) is 0. The summed E-state index contributed by atoms with van der Waals surface area (Å²) >= 11 is 6.18. The van der Waals surface area contributed by atoms with Gasteiger partial charge in [-0.15, -0.1) is 0 Å². The van der Waals surface area contributed by atoms with Crippen LogP contribution >= 0.6 is 11.6 Å². The van der Waals surface area contributed by atoms with Crippen LogP contribution in [0.1, 0.15) is 16.8 Å². The van der Waals surface area contributed by atoms with Crippen LogP contribution in [0.5, 0.6) is 5.75 Å². The van der Waals surface area contributed by atoms with Gasteiger partial charge in [0.05, 0.1) is 30.0 Å². The second-order valence-electron chi connectivity index (χ2n) is 5.85. The van der Waals surface area contributed by atoms with Crippen molar-refractivity contribution in [3.8, 4) is 5.75 Å². The first-order valence-corrected chi connectivity index (χ1v) is 8.32. The van der Waals surface area contributed by atoms with E-state index in [-0.39, 0.29) is 17.8 Å². The summed E-state index contributed by atoms with van der Waals surface area (Å²) in [4.78, 5) is 25.4. The molecule has 5 nitrogen and oxygen atoms in total. The monoisotopic (exact) mass is 359 g/mol. The summed E-state index contributed by atoms with van der Waals surface area (Å²) in [7, 11) is 1.34. The molecule has 1 aliphatic heterocycles. The summed E-state index contributed by atoms with van der Waals surface area (Å²) in [5, 5.41) is 0.566. The van der Waals surface area contributed by atoms with Crippen molar-refractivity contribution >= 4 is 29.2 Å². The van der Waals surface area contributed by atoms with Crippen LogP contribution in [-0.2, 0) is 9.53 Å². The van der Waals surface area contributed by atoms with Crippen molar-refractivity contribution in [1.82, 2.24) is 0 Å². The number of anilines is 1. The lowest BCUT2D eigenvalue weighted by Crippen LogP contribution is -2.25. The number of nitrogens with zero attached hydrogens (tertiary/aromatic N) is 1. The van der Waals surface area contributed by atoms with Gasteiger partial charge in [0.2, 0.25) is 5.91 Å². The zero-order valence-corrected chi connectivity index (χ0v) is 14.5. The number of hydrogen-bond acceptors (Lipinski definition) is 4. The van der Waals surface area contributed by atoms with Crippen LogP contribution < -0.4 is 9.64 Å². The molecule has 1 amide bonds. The van der Waals surface area contributed by atoms with Gasteiger partial charge in [-0.05, 0) is 36.4 Å². The molecule has 0 saturated carbocycles. The van der Waals surface area contributed by atoms with Crippen LogP contribution in [0.25, 0.3) is 0 Å². The number of benzene rings is 2. The molecule has 2 aromatic carbocycles. The predicted octanol–water partition coefficient (Wildman–Crippen LogP) is 3.56. The molecule has 0 aromatic heterocycles. The summed E-state index contributed by atoms with van der Waals surface area (Å²) in [6.45, 7) is 0.993. The molecule has 6 heteroatoms. The van der Waals surface area contributed by atoms with Gasteiger partial charge in [0.25, 0.3) is 0 Å². The largest absolute Gasteiger partial charge is 0.493 e. The molecule has 130 valence electrons. The Morgan fingerprint density at radius 2 is 1.92 bits per heavy atom. The molecule has 0 radical (unpaired) electrons. The van der Waals surface area contributed by atoms with Gasteiger partial charge in [-0.1, -0.05) is 23.7 Å². The Hall–Kier alpha value is -2.53. The number of para-hydroxylation sites is 1. The lowest BCUT2D eigenvalue weighted by atomic mass is 10.1. The molecule has 1 unspecified atom stereocenters. The molecular weight excluding hydrogens is 342 g/mol. The van der Waals surface area contributed by atoms with E-state index in [9.17, 15) is 9.59 Å². The number of esters is 1. The van der Waals surface area contributed by atoms with Gasteiger partial charge in [-0.2, -0.15) is 0 Å². The van der Waals surface area contributed by atoms with Gasteiger partial charge in [0.15, 0.2) is 0 Å². The predicted molar refractivity (Wildman–Crippen MR) is 95.2 cm³/mol. The summed E-state index contributed by atoms with van der Waals surface area (Å²) in [6.07, 6.45) is 0.422. The Morgan fingerprint density at radius 1 is 1.20 bits per heavy atom. The van der Waals surface area contributed by atoms with E-state index in [1.807, 2.05) is 18.2 Å². The minimum Gasteiger partial charge on any atom is -0.493 e. The van der Waals surface area contributed by atoms with Crippen LogP contribution in [0, 0.1) is 5.92 Å². The standard InChI is InChI=1S/C19H18ClNO4/c1-24-19(23)14-6-8-15(9-7-14)25-12-13-10-18(22)21(11-13)17-5-3-2-4-16(17)20/h2-9,13H,10-12H2,1H3. The third kappa shape index (κ3) is 3.94. The molecule has 0 aliphatic carbocycles. The summed E-state index contributed by atoms with van der Waals surface area (Å²) in [5.74, 6) is 0.395. The number of methoxy groups -OCH3 is 1. The lowest BCUT2D eigenvalue weighted by molar-refractivity contribution is -0.117. The Balaban J connectivity index is 1.59. The maximum atomic E-state index is 12.3. The van der Waals surface area contributed by atoms with Crippen molar-refractivity contribution in [3.63, 3.8) is 0 Å². The number of amides is 1. The number of rotatable bonds is 5. The molecule has 0 bridgehead atoms. The number of ether oxygens (including phenoxy) is 2. The van der Waals surface area contributed by atoms with E-state index < -0.39 is 0 Å². The summed E-state index contributed by atoms with van der Waals surface area (Å²) in [6, 6.07) is 14.1. The average Bonchev–Trinajstić information content (AvgIpc) is 3.00. The molecule has 1 heterocycles. The Labute approximate surface area is 151 Å². The minimum atomic E-state index is -0.386. The van der Waals surface area contributed by atoms with Crippen LogP contribution in [0.15, 0.2) is 48.5 Å². The highest BCUT2D eigenvalue weighted by molar-refractivity contribution is 6.33. The maximum Gasteiger partial charge on any atom is 0.337 e. The average molecular weight is 360 g/mol. The van der Waals surface area contributed by atoms with Crippen LogP contribution in [-0.4, -0.2) is 32.1 Å². The fourth-order valence-electron chi connectivity index (χ4n) is 2.82. The first-order valence-electron chi connectivity index (χ1n) is 7.94. The molecule has 1 atom stereocenters. The van der Waals surface area contributed by atoms with Gasteiger partial charge < -0.3 is 14.4 Å². The summed E-state index contributed by atoms with van der Waals surface area (Å²) < 4.78 is 10.4. The zero-order chi connectivity index (χ0) is 17.8. The highest BCUT2D eigenvalue weighted by atomic mass is 35.5. The van der Waals surface area contributed by atoms with Crippen molar-refractivity contribution < 1.29 is 19.1 Å². The van der Waals surface area contributed by atoms with E-state index in [0.717, 1.165) is 5.69 Å². The molecule has 1 aliphatic rings. The first kappa shape index (κ1) is 17.3. The fraction of sp³-hybridized carbons (Fsp3) is 0.263. The van der Waals surface area contributed by atoms with E-state index in [1.54, 1.807) is 35.2 Å². The van der Waals surface area contributed by atoms with E-state index in [2.05, 4.69) is 4.74 Å². The number of halogens is 1. The van der Waals surface area contributed by atoms with Gasteiger partial charge >= 0.3 is 5.97 Å². The molecule has 0 spiro atoms. The van der Waals surface area contributed by atoms with Crippen LogP contribution in [0.4, 0.5) is 5.69 Å². The minimum absolute atomic E-state index is 0.0442. The SMILES string of the molecule is COC(=O)c1ccc(OCC2CC(=O)N(c3ccccc3Cl)C2)cc1. The molecule has 25 heavy (non-hydrogen) atoms. The molecule has 3 rings (SSSR count). The van der Waals surface area contributed by atoms with E-state index in [4.69, 9.17) is 16.3 Å². The zero-order valence-electron chi connectivity index (χ0n) is 13.8. The third-order valence-corrected chi connectivity index (χ3v) is 4.43. The van der Waals surface area contributed by atoms with E-state index in [1.165, 1.54) is 7.11 Å². The Bertz CT molecular complexity index is 775. The second-order valence-corrected chi connectivity index (χ2v) is 6.26. The smallest absolute Gasteiger partial charge is 0.337 e. The molecular formula is C19H18ClNO4. The van der Waals surface area contributed by atoms with Gasteiger partial charge in [-0.3, -0.25) is 4.79 Å². The second kappa shape index (κ2) is 7.57. The molecule has 2 aromatic rings. The van der Waals surface area contributed by atoms with Crippen molar-refractivity contribution in [2.75, 3.05) is 25.2 Å². The highest BCUT2D eigenvalue weighted by Gasteiger charge is 2.32. The van der Waals surface area contributed by atoms with Crippen LogP contribution in [0.2, 0.25) is 5.02 Å². The maximum absolute atomic E-state index is 12.3. The quantitative estimate of drug-likeness (QED) is 0.766. The van der Waals surface area contributed by atoms with Crippen molar-refractivity contribution in [1.29, 1.82) is 0 Å². The number of carbonyl (C=O) groups is 2.